The number of nitrogens with zero attached hydrogens (tertiary/aromatic N) is 1. The zero-order chi connectivity index (χ0) is 13.2. The molecule has 18 heavy (non-hydrogen) atoms. The number of carbonyl (C=O) groups excluding carboxylic acids is 1. The Labute approximate surface area is 125 Å². The molecule has 8 nitrogen and oxygen atoms in total. The molecule has 10 heteroatoms. The minimum absolute atomic E-state index is 0. The van der Waals surface area contributed by atoms with E-state index in [4.69, 9.17) is 4.55 Å². The molecule has 0 bridgehead atoms. The van der Waals surface area contributed by atoms with Crippen molar-refractivity contribution in [2.24, 2.45) is 0 Å². The molecule has 0 aliphatic rings. The molecule has 0 heterocycles. The summed E-state index contributed by atoms with van der Waals surface area (Å²) in [4.78, 5) is 20.0. The number of nitro groups is 1. The number of hydrogen-bond donors (Lipinski definition) is 2. The fourth-order valence-electron chi connectivity index (χ4n) is 1.12. The van der Waals surface area contributed by atoms with Crippen molar-refractivity contribution < 1.29 is 22.7 Å². The molecule has 0 fully saturated rings. The van der Waals surface area contributed by atoms with E-state index in [0.29, 0.717) is 6.07 Å². The number of nitrogens with one attached hydrogen (secondary N) is 1. The van der Waals surface area contributed by atoms with Crippen LogP contribution in [0.5, 0.6) is 0 Å². The van der Waals surface area contributed by atoms with Crippen molar-refractivity contribution in [1.82, 2.24) is 0 Å². The minimum Gasteiger partial charge on any atom is -0.321 e. The normalized spacial score (nSPS) is 10.3. The maximum Gasteiger partial charge on any atom is 0.294 e. The Morgan fingerprint density at radius 2 is 2.00 bits per heavy atom. The molecule has 0 atom stereocenters. The molecular formula is C8H8N2NaO6S. The summed E-state index contributed by atoms with van der Waals surface area (Å²) in [6.07, 6.45) is 0. The van der Waals surface area contributed by atoms with Crippen LogP contribution in [-0.4, -0.2) is 53.4 Å². The zero-order valence-electron chi connectivity index (χ0n) is 9.58. The van der Waals surface area contributed by atoms with Crippen molar-refractivity contribution in [2.75, 3.05) is 5.32 Å². The Morgan fingerprint density at radius 3 is 2.39 bits per heavy atom. The minimum atomic E-state index is -4.52. The third kappa shape index (κ3) is 4.35. The van der Waals surface area contributed by atoms with E-state index in [1.54, 1.807) is 0 Å². The number of carbonyl (C=O) groups is 1. The first-order valence-corrected chi connectivity index (χ1v) is 5.69. The second-order valence-corrected chi connectivity index (χ2v) is 4.51. The summed E-state index contributed by atoms with van der Waals surface area (Å²) in [5.74, 6) is -0.535. The summed E-state index contributed by atoms with van der Waals surface area (Å²) >= 11 is 0. The van der Waals surface area contributed by atoms with Crippen molar-refractivity contribution in [1.29, 1.82) is 0 Å². The quantitative estimate of drug-likeness (QED) is 0.358. The van der Waals surface area contributed by atoms with Gasteiger partial charge < -0.3 is 5.32 Å². The molecule has 0 saturated heterocycles. The number of rotatable bonds is 3. The molecule has 0 spiro atoms. The average Bonchev–Trinajstić information content (AvgIpc) is 2.15. The van der Waals surface area contributed by atoms with Crippen LogP contribution in [-0.2, 0) is 14.9 Å². The van der Waals surface area contributed by atoms with Crippen molar-refractivity contribution in [2.45, 2.75) is 11.8 Å². The number of nitro benzene ring substituents is 1. The molecule has 1 rings (SSSR count). The van der Waals surface area contributed by atoms with Gasteiger partial charge in [0.15, 0.2) is 0 Å². The largest absolute Gasteiger partial charge is 0.321 e. The molecule has 0 aromatic heterocycles. The second-order valence-electron chi connectivity index (χ2n) is 3.09. The first-order chi connectivity index (χ1) is 7.71. The van der Waals surface area contributed by atoms with Crippen LogP contribution in [0.2, 0.25) is 0 Å². The van der Waals surface area contributed by atoms with Crippen LogP contribution in [0.4, 0.5) is 11.4 Å². The van der Waals surface area contributed by atoms with Crippen molar-refractivity contribution in [3.8, 4) is 0 Å². The van der Waals surface area contributed by atoms with E-state index in [1.807, 2.05) is 0 Å². The van der Waals surface area contributed by atoms with Crippen LogP contribution >= 0.6 is 0 Å². The van der Waals surface area contributed by atoms with Gasteiger partial charge >= 0.3 is 0 Å². The fourth-order valence-corrected chi connectivity index (χ4v) is 1.62. The summed E-state index contributed by atoms with van der Waals surface area (Å²) in [7, 11) is -4.52. The van der Waals surface area contributed by atoms with Crippen molar-refractivity contribution in [3.63, 3.8) is 0 Å². The van der Waals surface area contributed by atoms with Gasteiger partial charge in [0.2, 0.25) is 5.91 Å². The Bertz CT molecular complexity index is 585. The van der Waals surface area contributed by atoms with Crippen LogP contribution in [0.1, 0.15) is 6.92 Å². The molecule has 0 aliphatic heterocycles. The molecule has 0 unspecified atom stereocenters. The number of amides is 1. The molecule has 93 valence electrons. The van der Waals surface area contributed by atoms with Gasteiger partial charge in [-0.15, -0.1) is 0 Å². The summed E-state index contributed by atoms with van der Waals surface area (Å²) < 4.78 is 30.3. The summed E-state index contributed by atoms with van der Waals surface area (Å²) in [5.41, 5.74) is -0.759. The van der Waals surface area contributed by atoms with Gasteiger partial charge in [-0.3, -0.25) is 19.5 Å². The number of anilines is 1. The van der Waals surface area contributed by atoms with Crippen molar-refractivity contribution >= 4 is 57.0 Å². The SMILES string of the molecule is CC(=O)Nc1ccc(S(=O)(=O)O)cc1[N+](=O)[O-].[Na]. The Hall–Kier alpha value is -1.000. The molecule has 1 radical (unpaired) electrons. The molecule has 0 aliphatic carbocycles. The van der Waals surface area contributed by atoms with Gasteiger partial charge in [0.25, 0.3) is 15.8 Å². The molecule has 2 N–H and O–H groups in total. The maximum atomic E-state index is 10.8. The summed E-state index contributed by atoms with van der Waals surface area (Å²) in [6, 6.07) is 2.65. The van der Waals surface area contributed by atoms with Crippen molar-refractivity contribution in [3.05, 3.63) is 28.3 Å². The fraction of sp³-hybridized carbons (Fsp3) is 0.125. The van der Waals surface area contributed by atoms with E-state index in [9.17, 15) is 23.3 Å². The predicted octanol–water partition coefficient (Wildman–Crippen LogP) is 0.419. The molecular weight excluding hydrogens is 275 g/mol. The van der Waals surface area contributed by atoms with E-state index in [2.05, 4.69) is 5.32 Å². The van der Waals surface area contributed by atoms with Crippen LogP contribution in [0.3, 0.4) is 0 Å². The standard InChI is InChI=1S/C8H8N2O6S.Na/c1-5(11)9-7-3-2-6(17(14,15)16)4-8(7)10(12)13;/h2-4H,1H3,(H,9,11)(H,14,15,16);. The maximum absolute atomic E-state index is 10.8. The summed E-state index contributed by atoms with van der Waals surface area (Å²) in [6.45, 7) is 1.15. The average molecular weight is 283 g/mol. The predicted molar refractivity (Wildman–Crippen MR) is 63.0 cm³/mol. The van der Waals surface area contributed by atoms with Gasteiger partial charge in [-0.1, -0.05) is 0 Å². The van der Waals surface area contributed by atoms with E-state index < -0.39 is 31.5 Å². The third-order valence-electron chi connectivity index (χ3n) is 1.77. The molecule has 1 aromatic rings. The van der Waals surface area contributed by atoms with Crippen LogP contribution in [0.15, 0.2) is 23.1 Å². The van der Waals surface area contributed by atoms with Gasteiger partial charge in [0.1, 0.15) is 10.6 Å². The van der Waals surface area contributed by atoms with Crippen LogP contribution in [0, 0.1) is 10.1 Å². The Morgan fingerprint density at radius 1 is 1.44 bits per heavy atom. The number of benzene rings is 1. The topological polar surface area (TPSA) is 127 Å². The molecule has 1 amide bonds. The Kier molecular flexibility index (Phi) is 5.90. The summed E-state index contributed by atoms with van der Waals surface area (Å²) in [5, 5.41) is 12.8. The first-order valence-electron chi connectivity index (χ1n) is 4.25. The Balaban J connectivity index is 0.00000289. The van der Waals surface area contributed by atoms with Crippen LogP contribution < -0.4 is 5.32 Å². The van der Waals surface area contributed by atoms with E-state index >= 15 is 0 Å². The van der Waals surface area contributed by atoms with E-state index in [-0.39, 0.29) is 35.2 Å². The first kappa shape index (κ1) is 17.0. The van der Waals surface area contributed by atoms with Gasteiger partial charge in [0.05, 0.1) is 4.92 Å². The van der Waals surface area contributed by atoms with E-state index in [0.717, 1.165) is 19.1 Å². The smallest absolute Gasteiger partial charge is 0.294 e. The van der Waals surface area contributed by atoms with E-state index in [1.165, 1.54) is 0 Å². The second kappa shape index (κ2) is 6.25. The van der Waals surface area contributed by atoms with Gasteiger partial charge in [-0.25, -0.2) is 0 Å². The molecule has 1 aromatic carbocycles. The van der Waals surface area contributed by atoms with Gasteiger partial charge in [0, 0.05) is 42.5 Å². The van der Waals surface area contributed by atoms with Crippen LogP contribution in [0.25, 0.3) is 0 Å². The zero-order valence-corrected chi connectivity index (χ0v) is 12.4. The number of hydrogen-bond acceptors (Lipinski definition) is 5. The molecule has 0 saturated carbocycles. The van der Waals surface area contributed by atoms with Gasteiger partial charge in [-0.2, -0.15) is 8.42 Å². The monoisotopic (exact) mass is 283 g/mol. The van der Waals surface area contributed by atoms with Gasteiger partial charge in [-0.05, 0) is 12.1 Å². The third-order valence-corrected chi connectivity index (χ3v) is 2.62.